The summed E-state index contributed by atoms with van der Waals surface area (Å²) in [6, 6.07) is 14.9. The molecule has 2 aromatic rings. The molecule has 0 bridgehead atoms. The van der Waals surface area contributed by atoms with Crippen LogP contribution in [0.15, 0.2) is 48.5 Å². The van der Waals surface area contributed by atoms with Gasteiger partial charge in [0.25, 0.3) is 5.91 Å². The van der Waals surface area contributed by atoms with Gasteiger partial charge in [-0.15, -0.1) is 0 Å². The quantitative estimate of drug-likeness (QED) is 0.784. The number of hydrogen-bond acceptors (Lipinski definition) is 3. The van der Waals surface area contributed by atoms with Crippen molar-refractivity contribution in [2.45, 2.75) is 25.7 Å². The van der Waals surface area contributed by atoms with E-state index in [4.69, 9.17) is 0 Å². The number of rotatable bonds is 4. The molecule has 7 nitrogen and oxygen atoms in total. The lowest BCUT2D eigenvalue weighted by molar-refractivity contribution is -0.115. The van der Waals surface area contributed by atoms with E-state index in [0.29, 0.717) is 24.5 Å². The Balaban J connectivity index is 1.47. The lowest BCUT2D eigenvalue weighted by atomic mass is 9.72. The maximum atomic E-state index is 12.7. The molecular formula is C22H24N4O3. The van der Waals surface area contributed by atoms with E-state index in [1.807, 2.05) is 25.1 Å². The van der Waals surface area contributed by atoms with Crippen LogP contribution in [0.3, 0.4) is 0 Å². The van der Waals surface area contributed by atoms with Crippen molar-refractivity contribution in [3.05, 3.63) is 59.7 Å². The Morgan fingerprint density at radius 1 is 1.14 bits per heavy atom. The molecular weight excluding hydrogens is 368 g/mol. The number of likely N-dealkylation sites (tertiary alicyclic amines) is 1. The SMILES string of the molecule is CCC1(c2ccccc2)CN(C(=O)Nc2ccc(C)c(N3C(=O)CNC3=O)c2)C1. The number of aryl methyl sites for hydroxylation is 1. The number of imide groups is 1. The number of hydrogen-bond donors (Lipinski definition) is 2. The maximum absolute atomic E-state index is 12.7. The summed E-state index contributed by atoms with van der Waals surface area (Å²) in [6.45, 7) is 5.27. The van der Waals surface area contributed by atoms with Crippen molar-refractivity contribution in [2.24, 2.45) is 0 Å². The number of amides is 5. The first-order valence-electron chi connectivity index (χ1n) is 9.76. The predicted octanol–water partition coefficient (Wildman–Crippen LogP) is 3.25. The van der Waals surface area contributed by atoms with Crippen molar-refractivity contribution >= 4 is 29.3 Å². The molecule has 2 fully saturated rings. The largest absolute Gasteiger partial charge is 0.329 e. The number of nitrogens with zero attached hydrogens (tertiary/aromatic N) is 2. The fraction of sp³-hybridized carbons (Fsp3) is 0.318. The number of carbonyl (C=O) groups is 3. The van der Waals surface area contributed by atoms with Crippen LogP contribution >= 0.6 is 0 Å². The van der Waals surface area contributed by atoms with Crippen LogP contribution in [-0.4, -0.2) is 42.5 Å². The minimum atomic E-state index is -0.445. The zero-order chi connectivity index (χ0) is 20.6. The third kappa shape index (κ3) is 3.33. The van der Waals surface area contributed by atoms with Crippen LogP contribution in [0.1, 0.15) is 24.5 Å². The Labute approximate surface area is 169 Å². The van der Waals surface area contributed by atoms with Crippen LogP contribution in [0, 0.1) is 6.92 Å². The van der Waals surface area contributed by atoms with E-state index < -0.39 is 6.03 Å². The van der Waals surface area contributed by atoms with Gasteiger partial charge in [0.2, 0.25) is 0 Å². The highest BCUT2D eigenvalue weighted by Crippen LogP contribution is 2.38. The van der Waals surface area contributed by atoms with Gasteiger partial charge in [0, 0.05) is 24.2 Å². The fourth-order valence-corrected chi connectivity index (χ4v) is 4.03. The lowest BCUT2D eigenvalue weighted by Crippen LogP contribution is -2.61. The van der Waals surface area contributed by atoms with Crippen molar-refractivity contribution in [3.63, 3.8) is 0 Å². The number of carbonyl (C=O) groups excluding carboxylic acids is 3. The number of anilines is 2. The molecule has 0 atom stereocenters. The topological polar surface area (TPSA) is 81.8 Å². The summed E-state index contributed by atoms with van der Waals surface area (Å²) in [6.07, 6.45) is 0.960. The van der Waals surface area contributed by atoms with Crippen LogP contribution in [0.25, 0.3) is 0 Å². The van der Waals surface area contributed by atoms with Gasteiger partial charge in [-0.1, -0.05) is 43.3 Å². The second-order valence-electron chi connectivity index (χ2n) is 7.68. The van der Waals surface area contributed by atoms with E-state index in [0.717, 1.165) is 16.9 Å². The molecule has 4 rings (SSSR count). The van der Waals surface area contributed by atoms with Crippen LogP contribution in [0.4, 0.5) is 21.0 Å². The average molecular weight is 392 g/mol. The molecule has 2 aromatic carbocycles. The third-order valence-electron chi connectivity index (χ3n) is 5.88. The standard InChI is InChI=1S/C22H24N4O3/c1-3-22(16-7-5-4-6-8-16)13-25(14-22)21(29)24-17-10-9-15(2)18(11-17)26-19(27)12-23-20(26)28/h4-11H,3,12-14H2,1-2H3,(H,23,28)(H,24,29). The maximum Gasteiger partial charge on any atom is 0.329 e. The molecule has 0 spiro atoms. The van der Waals surface area contributed by atoms with Gasteiger partial charge in [-0.25, -0.2) is 14.5 Å². The first kappa shape index (κ1) is 19.0. The van der Waals surface area contributed by atoms with Crippen LogP contribution in [0.5, 0.6) is 0 Å². The van der Waals surface area contributed by atoms with Gasteiger partial charge >= 0.3 is 12.1 Å². The summed E-state index contributed by atoms with van der Waals surface area (Å²) in [5, 5.41) is 5.41. The fourth-order valence-electron chi connectivity index (χ4n) is 4.03. The van der Waals surface area contributed by atoms with Crippen LogP contribution < -0.4 is 15.5 Å². The molecule has 0 saturated carbocycles. The molecule has 0 unspecified atom stereocenters. The van der Waals surface area contributed by atoms with Gasteiger partial charge in [-0.2, -0.15) is 0 Å². The summed E-state index contributed by atoms with van der Waals surface area (Å²) < 4.78 is 0. The molecule has 150 valence electrons. The van der Waals surface area contributed by atoms with Crippen LogP contribution in [-0.2, 0) is 10.2 Å². The highest BCUT2D eigenvalue weighted by atomic mass is 16.2. The molecule has 7 heteroatoms. The molecule has 0 aliphatic carbocycles. The second kappa shape index (κ2) is 7.24. The Kier molecular flexibility index (Phi) is 4.74. The lowest BCUT2D eigenvalue weighted by Gasteiger charge is -2.50. The summed E-state index contributed by atoms with van der Waals surface area (Å²) >= 11 is 0. The van der Waals surface area contributed by atoms with E-state index in [2.05, 4.69) is 29.7 Å². The first-order chi connectivity index (χ1) is 13.9. The molecule has 2 saturated heterocycles. The van der Waals surface area contributed by atoms with E-state index >= 15 is 0 Å². The smallest absolute Gasteiger partial charge is 0.328 e. The second-order valence-corrected chi connectivity index (χ2v) is 7.68. The predicted molar refractivity (Wildman–Crippen MR) is 111 cm³/mol. The minimum absolute atomic E-state index is 0.00288. The highest BCUT2D eigenvalue weighted by Gasteiger charge is 2.45. The highest BCUT2D eigenvalue weighted by molar-refractivity contribution is 6.20. The number of nitrogens with one attached hydrogen (secondary N) is 2. The summed E-state index contributed by atoms with van der Waals surface area (Å²) in [5.41, 5.74) is 3.07. The normalized spacial score (nSPS) is 17.7. The van der Waals surface area contributed by atoms with Gasteiger partial charge in [-0.05, 0) is 36.6 Å². The zero-order valence-corrected chi connectivity index (χ0v) is 16.6. The number of urea groups is 2. The minimum Gasteiger partial charge on any atom is -0.328 e. The van der Waals surface area contributed by atoms with Crippen molar-refractivity contribution in [1.82, 2.24) is 10.2 Å². The Morgan fingerprint density at radius 3 is 2.48 bits per heavy atom. The molecule has 2 aliphatic rings. The third-order valence-corrected chi connectivity index (χ3v) is 5.88. The number of benzene rings is 2. The van der Waals surface area contributed by atoms with E-state index in [-0.39, 0.29) is 23.9 Å². The molecule has 5 amide bonds. The summed E-state index contributed by atoms with van der Waals surface area (Å²) in [5.74, 6) is -0.306. The Hall–Kier alpha value is -3.35. The molecule has 2 N–H and O–H groups in total. The van der Waals surface area contributed by atoms with Gasteiger partial charge in [0.05, 0.1) is 12.2 Å². The van der Waals surface area contributed by atoms with Gasteiger partial charge in [0.1, 0.15) is 0 Å². The van der Waals surface area contributed by atoms with E-state index in [9.17, 15) is 14.4 Å². The monoisotopic (exact) mass is 392 g/mol. The molecule has 2 aliphatic heterocycles. The van der Waals surface area contributed by atoms with Crippen molar-refractivity contribution in [2.75, 3.05) is 29.9 Å². The molecule has 2 heterocycles. The molecule has 0 radical (unpaired) electrons. The van der Waals surface area contributed by atoms with Gasteiger partial charge < -0.3 is 15.5 Å². The Bertz CT molecular complexity index is 951. The Morgan fingerprint density at radius 2 is 1.86 bits per heavy atom. The van der Waals surface area contributed by atoms with Crippen molar-refractivity contribution in [1.29, 1.82) is 0 Å². The summed E-state index contributed by atoms with van der Waals surface area (Å²) in [7, 11) is 0. The molecule has 29 heavy (non-hydrogen) atoms. The molecule has 0 aromatic heterocycles. The van der Waals surface area contributed by atoms with Gasteiger partial charge in [0.15, 0.2) is 0 Å². The first-order valence-corrected chi connectivity index (χ1v) is 9.76. The van der Waals surface area contributed by atoms with E-state index in [1.165, 1.54) is 5.56 Å². The van der Waals surface area contributed by atoms with Gasteiger partial charge in [-0.3, -0.25) is 4.79 Å². The van der Waals surface area contributed by atoms with Crippen LogP contribution in [0.2, 0.25) is 0 Å². The zero-order valence-electron chi connectivity index (χ0n) is 16.6. The average Bonchev–Trinajstić information content (AvgIpc) is 3.02. The van der Waals surface area contributed by atoms with Crippen molar-refractivity contribution < 1.29 is 14.4 Å². The summed E-state index contributed by atoms with van der Waals surface area (Å²) in [4.78, 5) is 39.6. The van der Waals surface area contributed by atoms with E-state index in [1.54, 1.807) is 23.1 Å². The van der Waals surface area contributed by atoms with Crippen molar-refractivity contribution in [3.8, 4) is 0 Å².